The van der Waals surface area contributed by atoms with E-state index in [1.165, 1.54) is 23.5 Å². The number of hydrogen-bond acceptors (Lipinski definition) is 4. The topological polar surface area (TPSA) is 66.8 Å². The second-order valence-electron chi connectivity index (χ2n) is 3.98. The Morgan fingerprint density at radius 1 is 1.35 bits per heavy atom. The van der Waals surface area contributed by atoms with E-state index in [0.29, 0.717) is 18.7 Å². The highest BCUT2D eigenvalue weighted by atomic mass is 32.2. The number of β-amino-alcohol motifs (C(OH)–C–C–N with tert-alkyl or cyclic N) is 1. The predicted molar refractivity (Wildman–Crippen MR) is 62.4 cm³/mol. The Kier molecular flexibility index (Phi) is 3.37. The van der Waals surface area contributed by atoms with Crippen LogP contribution < -0.4 is 4.74 Å². The average molecular weight is 257 g/mol. The van der Waals surface area contributed by atoms with Gasteiger partial charge in [-0.2, -0.15) is 4.31 Å². The van der Waals surface area contributed by atoms with E-state index in [1.807, 2.05) is 0 Å². The number of rotatable bonds is 3. The van der Waals surface area contributed by atoms with E-state index in [0.717, 1.165) is 0 Å². The minimum absolute atomic E-state index is 0.175. The van der Waals surface area contributed by atoms with Gasteiger partial charge in [-0.1, -0.05) is 0 Å². The van der Waals surface area contributed by atoms with Crippen LogP contribution in [0.5, 0.6) is 5.75 Å². The molecule has 1 saturated heterocycles. The summed E-state index contributed by atoms with van der Waals surface area (Å²) in [6.07, 6.45) is -0.0573. The molecule has 0 saturated carbocycles. The van der Waals surface area contributed by atoms with E-state index in [1.54, 1.807) is 12.1 Å². The molecule has 1 atom stereocenters. The first-order chi connectivity index (χ1) is 8.04. The van der Waals surface area contributed by atoms with Crippen molar-refractivity contribution in [1.29, 1.82) is 0 Å². The average Bonchev–Trinajstić information content (AvgIpc) is 2.77. The fourth-order valence-electron chi connectivity index (χ4n) is 1.83. The van der Waals surface area contributed by atoms with Crippen LogP contribution >= 0.6 is 0 Å². The van der Waals surface area contributed by atoms with Gasteiger partial charge in [0.15, 0.2) is 0 Å². The van der Waals surface area contributed by atoms with Gasteiger partial charge in [-0.15, -0.1) is 0 Å². The van der Waals surface area contributed by atoms with E-state index < -0.39 is 16.1 Å². The van der Waals surface area contributed by atoms with Crippen molar-refractivity contribution in [3.05, 3.63) is 24.3 Å². The zero-order chi connectivity index (χ0) is 12.5. The van der Waals surface area contributed by atoms with Crippen LogP contribution in [0.3, 0.4) is 0 Å². The van der Waals surface area contributed by atoms with E-state index in [-0.39, 0.29) is 11.4 Å². The molecule has 1 aliphatic rings. The summed E-state index contributed by atoms with van der Waals surface area (Å²) >= 11 is 0. The van der Waals surface area contributed by atoms with Gasteiger partial charge < -0.3 is 9.84 Å². The molecular formula is C11H15NO4S. The molecule has 2 rings (SSSR count). The maximum absolute atomic E-state index is 12.2. The summed E-state index contributed by atoms with van der Waals surface area (Å²) in [5.41, 5.74) is 0. The normalized spacial score (nSPS) is 21.6. The van der Waals surface area contributed by atoms with Gasteiger partial charge in [0, 0.05) is 13.1 Å². The van der Waals surface area contributed by atoms with Crippen molar-refractivity contribution in [1.82, 2.24) is 4.31 Å². The number of benzene rings is 1. The van der Waals surface area contributed by atoms with Gasteiger partial charge in [0.05, 0.1) is 18.1 Å². The van der Waals surface area contributed by atoms with Crippen molar-refractivity contribution >= 4 is 10.0 Å². The lowest BCUT2D eigenvalue weighted by Gasteiger charge is -2.15. The zero-order valence-electron chi connectivity index (χ0n) is 9.54. The highest BCUT2D eigenvalue weighted by molar-refractivity contribution is 7.89. The molecule has 5 nitrogen and oxygen atoms in total. The molecule has 6 heteroatoms. The van der Waals surface area contributed by atoms with Crippen molar-refractivity contribution in [3.8, 4) is 5.75 Å². The largest absolute Gasteiger partial charge is 0.497 e. The molecule has 94 valence electrons. The van der Waals surface area contributed by atoms with Gasteiger partial charge in [-0.25, -0.2) is 8.42 Å². The number of methoxy groups -OCH3 is 1. The maximum Gasteiger partial charge on any atom is 0.243 e. The van der Waals surface area contributed by atoms with Crippen LogP contribution in [-0.2, 0) is 10.0 Å². The quantitative estimate of drug-likeness (QED) is 0.853. The Bertz CT molecular complexity index is 483. The summed E-state index contributed by atoms with van der Waals surface area (Å²) in [7, 11) is -1.95. The maximum atomic E-state index is 12.2. The number of aliphatic hydroxyl groups is 1. The Morgan fingerprint density at radius 2 is 2.00 bits per heavy atom. The second-order valence-corrected chi connectivity index (χ2v) is 5.92. The number of ether oxygens (including phenoxy) is 1. The van der Waals surface area contributed by atoms with Crippen LogP contribution in [0, 0.1) is 0 Å². The monoisotopic (exact) mass is 257 g/mol. The third-order valence-electron chi connectivity index (χ3n) is 2.82. The highest BCUT2D eigenvalue weighted by Gasteiger charge is 2.31. The predicted octanol–water partition coefficient (Wildman–Crippen LogP) is 0.450. The first-order valence-electron chi connectivity index (χ1n) is 5.36. The van der Waals surface area contributed by atoms with Crippen molar-refractivity contribution in [2.75, 3.05) is 20.2 Å². The molecule has 17 heavy (non-hydrogen) atoms. The highest BCUT2D eigenvalue weighted by Crippen LogP contribution is 2.22. The van der Waals surface area contributed by atoms with E-state index >= 15 is 0 Å². The van der Waals surface area contributed by atoms with Gasteiger partial charge in [0.2, 0.25) is 10.0 Å². The van der Waals surface area contributed by atoms with Gasteiger partial charge >= 0.3 is 0 Å². The summed E-state index contributed by atoms with van der Waals surface area (Å²) < 4.78 is 30.6. The van der Waals surface area contributed by atoms with Gasteiger partial charge in [0.1, 0.15) is 5.75 Å². The molecule has 1 unspecified atom stereocenters. The molecule has 0 amide bonds. The van der Waals surface area contributed by atoms with Crippen molar-refractivity contribution in [3.63, 3.8) is 0 Å². The van der Waals surface area contributed by atoms with Gasteiger partial charge in [-0.05, 0) is 30.7 Å². The van der Waals surface area contributed by atoms with Crippen molar-refractivity contribution < 1.29 is 18.3 Å². The fourth-order valence-corrected chi connectivity index (χ4v) is 3.32. The standard InChI is InChI=1S/C11H15NO4S/c1-16-10-2-4-11(5-3-10)17(14,15)12-7-6-9(13)8-12/h2-5,9,13H,6-8H2,1H3. The molecule has 0 radical (unpaired) electrons. The minimum Gasteiger partial charge on any atom is -0.497 e. The summed E-state index contributed by atoms with van der Waals surface area (Å²) in [6, 6.07) is 6.25. The molecule has 0 spiro atoms. The molecule has 1 aromatic carbocycles. The van der Waals surface area contributed by atoms with Crippen LogP contribution in [0.25, 0.3) is 0 Å². The lowest BCUT2D eigenvalue weighted by molar-refractivity contribution is 0.189. The summed E-state index contributed by atoms with van der Waals surface area (Å²) in [6.45, 7) is 0.546. The first kappa shape index (κ1) is 12.3. The van der Waals surface area contributed by atoms with Crippen molar-refractivity contribution in [2.24, 2.45) is 0 Å². The van der Waals surface area contributed by atoms with Gasteiger partial charge in [0.25, 0.3) is 0 Å². The second kappa shape index (κ2) is 4.64. The Balaban J connectivity index is 2.25. The molecular weight excluding hydrogens is 242 g/mol. The lowest BCUT2D eigenvalue weighted by atomic mass is 10.3. The number of sulfonamides is 1. The number of nitrogens with zero attached hydrogens (tertiary/aromatic N) is 1. The summed E-state index contributed by atoms with van der Waals surface area (Å²) in [5, 5.41) is 9.37. The molecule has 1 aromatic rings. The Morgan fingerprint density at radius 3 is 2.47 bits per heavy atom. The minimum atomic E-state index is -3.48. The first-order valence-corrected chi connectivity index (χ1v) is 6.80. The molecule has 1 N–H and O–H groups in total. The van der Waals surface area contributed by atoms with Crippen LogP contribution in [0.2, 0.25) is 0 Å². The third kappa shape index (κ3) is 2.43. The van der Waals surface area contributed by atoms with Gasteiger partial charge in [-0.3, -0.25) is 0 Å². The third-order valence-corrected chi connectivity index (χ3v) is 4.70. The number of aliphatic hydroxyl groups excluding tert-OH is 1. The van der Waals surface area contributed by atoms with Crippen LogP contribution in [-0.4, -0.2) is 44.1 Å². The van der Waals surface area contributed by atoms with Crippen LogP contribution in [0.1, 0.15) is 6.42 Å². The SMILES string of the molecule is COc1ccc(S(=O)(=O)N2CCC(O)C2)cc1. The molecule has 1 aliphatic heterocycles. The molecule has 0 aliphatic carbocycles. The number of hydrogen-bond donors (Lipinski definition) is 1. The van der Waals surface area contributed by atoms with E-state index in [4.69, 9.17) is 4.74 Å². The van der Waals surface area contributed by atoms with E-state index in [9.17, 15) is 13.5 Å². The zero-order valence-corrected chi connectivity index (χ0v) is 10.4. The fraction of sp³-hybridized carbons (Fsp3) is 0.455. The molecule has 0 aromatic heterocycles. The molecule has 0 bridgehead atoms. The lowest BCUT2D eigenvalue weighted by Crippen LogP contribution is -2.29. The molecule has 1 fully saturated rings. The Labute approximate surface area is 101 Å². The van der Waals surface area contributed by atoms with Crippen LogP contribution in [0.4, 0.5) is 0 Å². The van der Waals surface area contributed by atoms with E-state index in [2.05, 4.69) is 0 Å². The summed E-state index contributed by atoms with van der Waals surface area (Å²) in [4.78, 5) is 0.229. The Hall–Kier alpha value is -1.11. The molecule has 1 heterocycles. The van der Waals surface area contributed by atoms with Crippen LogP contribution in [0.15, 0.2) is 29.2 Å². The van der Waals surface area contributed by atoms with Crippen molar-refractivity contribution in [2.45, 2.75) is 17.4 Å². The summed E-state index contributed by atoms with van der Waals surface area (Å²) in [5.74, 6) is 0.616. The smallest absolute Gasteiger partial charge is 0.243 e.